The van der Waals surface area contributed by atoms with Gasteiger partial charge in [-0.15, -0.1) is 0 Å². The van der Waals surface area contributed by atoms with Crippen LogP contribution in [0.15, 0.2) is 37.1 Å². The van der Waals surface area contributed by atoms with Crippen molar-refractivity contribution < 1.29 is 27.5 Å². The molecule has 184 valence electrons. The number of pyridine rings is 2. The molecular formula is C23H23F3N6O3. The highest BCUT2D eigenvalue weighted by Gasteiger charge is 2.34. The molecule has 1 N–H and O–H groups in total. The van der Waals surface area contributed by atoms with E-state index in [9.17, 15) is 22.8 Å². The minimum atomic E-state index is -4.47. The highest BCUT2D eigenvalue weighted by molar-refractivity contribution is 6.01. The van der Waals surface area contributed by atoms with Gasteiger partial charge in [0.25, 0.3) is 5.91 Å². The van der Waals surface area contributed by atoms with Crippen LogP contribution in [0.5, 0.6) is 5.88 Å². The van der Waals surface area contributed by atoms with Gasteiger partial charge in [-0.1, -0.05) is 0 Å². The normalized spacial score (nSPS) is 14.1. The van der Waals surface area contributed by atoms with Gasteiger partial charge in [-0.25, -0.2) is 15.0 Å². The van der Waals surface area contributed by atoms with Crippen LogP contribution >= 0.6 is 0 Å². The number of halogens is 3. The summed E-state index contributed by atoms with van der Waals surface area (Å²) in [5.74, 6) is -0.338. The number of nitrogens with zero attached hydrogens (tertiary/aromatic N) is 5. The van der Waals surface area contributed by atoms with Gasteiger partial charge in [0, 0.05) is 48.0 Å². The molecule has 4 heterocycles. The molecule has 0 saturated carbocycles. The van der Waals surface area contributed by atoms with Crippen LogP contribution in [0, 0.1) is 6.92 Å². The Morgan fingerprint density at radius 2 is 2.06 bits per heavy atom. The number of carbonyl (C=O) groups is 2. The standard InChI is InChI=1S/C23H23F3N6O3/c1-13-6-15(8-29-21(13)35-11-23(24,25)26)14(2)32-10-18-17(22(32)34)4-5-28-20(18)30-19(33)7-16-9-27-12-31(16)3/h4-6,8-9,12,14H,7,10-11H2,1-3H3,(H,28,30,33). The van der Waals surface area contributed by atoms with Crippen molar-refractivity contribution in [2.45, 2.75) is 39.0 Å². The Kier molecular flexibility index (Phi) is 6.46. The van der Waals surface area contributed by atoms with Crippen molar-refractivity contribution in [1.82, 2.24) is 24.4 Å². The fourth-order valence-electron chi connectivity index (χ4n) is 3.86. The lowest BCUT2D eigenvalue weighted by molar-refractivity contribution is -0.154. The van der Waals surface area contributed by atoms with Gasteiger partial charge in [0.2, 0.25) is 11.8 Å². The predicted molar refractivity (Wildman–Crippen MR) is 119 cm³/mol. The van der Waals surface area contributed by atoms with Crippen LogP contribution in [0.3, 0.4) is 0 Å². The second-order valence-corrected chi connectivity index (χ2v) is 8.31. The first-order chi connectivity index (χ1) is 16.5. The van der Waals surface area contributed by atoms with Gasteiger partial charge in [0.05, 0.1) is 25.3 Å². The third kappa shape index (κ3) is 5.26. The Labute approximate surface area is 199 Å². The van der Waals surface area contributed by atoms with Crippen LogP contribution in [-0.4, -0.2) is 49.0 Å². The summed E-state index contributed by atoms with van der Waals surface area (Å²) in [5.41, 5.74) is 2.81. The molecule has 3 aromatic rings. The summed E-state index contributed by atoms with van der Waals surface area (Å²) in [7, 11) is 1.79. The van der Waals surface area contributed by atoms with Crippen molar-refractivity contribution in [3.05, 3.63) is 65.0 Å². The van der Waals surface area contributed by atoms with E-state index < -0.39 is 18.8 Å². The third-order valence-corrected chi connectivity index (χ3v) is 5.77. The first-order valence-electron chi connectivity index (χ1n) is 10.7. The SMILES string of the molecule is Cc1cc(C(C)N2Cc3c(ccnc3NC(=O)Cc3cncn3C)C2=O)cnc1OCC(F)(F)F. The summed E-state index contributed by atoms with van der Waals surface area (Å²) in [6, 6.07) is 2.81. The molecule has 0 bridgehead atoms. The lowest BCUT2D eigenvalue weighted by Crippen LogP contribution is -2.27. The zero-order chi connectivity index (χ0) is 25.3. The molecule has 2 amide bonds. The van der Waals surface area contributed by atoms with Crippen LogP contribution in [0.2, 0.25) is 0 Å². The fourth-order valence-corrected chi connectivity index (χ4v) is 3.86. The van der Waals surface area contributed by atoms with Crippen LogP contribution in [0.1, 0.15) is 45.7 Å². The number of aromatic nitrogens is 4. The van der Waals surface area contributed by atoms with E-state index in [0.29, 0.717) is 28.1 Å². The van der Waals surface area contributed by atoms with E-state index in [1.165, 1.54) is 12.4 Å². The molecule has 12 heteroatoms. The maximum absolute atomic E-state index is 13.1. The van der Waals surface area contributed by atoms with E-state index >= 15 is 0 Å². The van der Waals surface area contributed by atoms with Gasteiger partial charge >= 0.3 is 6.18 Å². The van der Waals surface area contributed by atoms with Gasteiger partial charge in [0.15, 0.2) is 6.61 Å². The Hall–Kier alpha value is -3.96. The number of rotatable bonds is 7. The third-order valence-electron chi connectivity index (χ3n) is 5.77. The number of nitrogens with one attached hydrogen (secondary N) is 1. The number of alkyl halides is 3. The minimum absolute atomic E-state index is 0.101. The topological polar surface area (TPSA) is 102 Å². The summed E-state index contributed by atoms with van der Waals surface area (Å²) < 4.78 is 43.8. The Balaban J connectivity index is 1.49. The van der Waals surface area contributed by atoms with E-state index in [1.807, 2.05) is 0 Å². The molecule has 35 heavy (non-hydrogen) atoms. The molecule has 1 atom stereocenters. The second kappa shape index (κ2) is 9.35. The number of fused-ring (bicyclic) bond motifs is 1. The monoisotopic (exact) mass is 488 g/mol. The molecule has 0 saturated heterocycles. The lowest BCUT2D eigenvalue weighted by Gasteiger charge is -2.25. The van der Waals surface area contributed by atoms with Gasteiger partial charge in [-0.05, 0) is 31.5 Å². The number of aryl methyl sites for hydroxylation is 2. The highest BCUT2D eigenvalue weighted by Crippen LogP contribution is 2.34. The van der Waals surface area contributed by atoms with Crippen molar-refractivity contribution in [2.24, 2.45) is 7.05 Å². The molecule has 9 nitrogen and oxygen atoms in total. The average molecular weight is 488 g/mol. The largest absolute Gasteiger partial charge is 0.468 e. The smallest absolute Gasteiger partial charge is 0.422 e. The average Bonchev–Trinajstić information content (AvgIpc) is 3.35. The molecule has 0 aromatic carbocycles. The Morgan fingerprint density at radius 3 is 2.71 bits per heavy atom. The maximum atomic E-state index is 13.1. The number of anilines is 1. The summed E-state index contributed by atoms with van der Waals surface area (Å²) in [6.45, 7) is 2.16. The summed E-state index contributed by atoms with van der Waals surface area (Å²) >= 11 is 0. The van der Waals surface area contributed by atoms with Crippen LogP contribution < -0.4 is 10.1 Å². The number of imidazole rings is 1. The van der Waals surface area contributed by atoms with Crippen LogP contribution in [-0.2, 0) is 24.8 Å². The first-order valence-corrected chi connectivity index (χ1v) is 10.7. The van der Waals surface area contributed by atoms with Crippen LogP contribution in [0.25, 0.3) is 0 Å². The quantitative estimate of drug-likeness (QED) is 0.547. The van der Waals surface area contributed by atoms with E-state index in [2.05, 4.69) is 20.3 Å². The number of hydrogen-bond donors (Lipinski definition) is 1. The molecular weight excluding hydrogens is 465 g/mol. The van der Waals surface area contributed by atoms with E-state index in [-0.39, 0.29) is 30.7 Å². The molecule has 1 unspecified atom stereocenters. The molecule has 1 aliphatic rings. The van der Waals surface area contributed by atoms with Crippen molar-refractivity contribution in [3.8, 4) is 5.88 Å². The molecule has 1 aliphatic heterocycles. The van der Waals surface area contributed by atoms with Crippen molar-refractivity contribution in [2.75, 3.05) is 11.9 Å². The lowest BCUT2D eigenvalue weighted by atomic mass is 10.1. The van der Waals surface area contributed by atoms with Gasteiger partial charge in [0.1, 0.15) is 5.82 Å². The Bertz CT molecular complexity index is 1270. The maximum Gasteiger partial charge on any atom is 0.422 e. The Morgan fingerprint density at radius 1 is 1.29 bits per heavy atom. The second-order valence-electron chi connectivity index (χ2n) is 8.31. The van der Waals surface area contributed by atoms with Gasteiger partial charge < -0.3 is 19.5 Å². The molecule has 0 aliphatic carbocycles. The highest BCUT2D eigenvalue weighted by atomic mass is 19.4. The number of ether oxygens (including phenoxy) is 1. The molecule has 0 fully saturated rings. The van der Waals surface area contributed by atoms with Crippen molar-refractivity contribution in [1.29, 1.82) is 0 Å². The zero-order valence-electron chi connectivity index (χ0n) is 19.3. The number of amides is 2. The summed E-state index contributed by atoms with van der Waals surface area (Å²) in [4.78, 5) is 39.5. The predicted octanol–water partition coefficient (Wildman–Crippen LogP) is 3.36. The van der Waals surface area contributed by atoms with Crippen molar-refractivity contribution >= 4 is 17.6 Å². The summed E-state index contributed by atoms with van der Waals surface area (Å²) in [5, 5.41) is 2.78. The van der Waals surface area contributed by atoms with Gasteiger partial charge in [-0.2, -0.15) is 13.2 Å². The number of carbonyl (C=O) groups excluding carboxylic acids is 2. The molecule has 3 aromatic heterocycles. The minimum Gasteiger partial charge on any atom is -0.468 e. The fraction of sp³-hybridized carbons (Fsp3) is 0.348. The van der Waals surface area contributed by atoms with E-state index in [4.69, 9.17) is 4.74 Å². The zero-order valence-corrected chi connectivity index (χ0v) is 19.3. The number of hydrogen-bond acceptors (Lipinski definition) is 6. The first kappa shape index (κ1) is 24.2. The molecule has 0 spiro atoms. The van der Waals surface area contributed by atoms with E-state index in [1.54, 1.807) is 55.0 Å². The molecule has 0 radical (unpaired) electrons. The molecule has 4 rings (SSSR count). The summed E-state index contributed by atoms with van der Waals surface area (Å²) in [6.07, 6.45) is 1.70. The van der Waals surface area contributed by atoms with E-state index in [0.717, 1.165) is 5.69 Å². The van der Waals surface area contributed by atoms with Gasteiger partial charge in [-0.3, -0.25) is 9.59 Å². The van der Waals surface area contributed by atoms with Crippen LogP contribution in [0.4, 0.5) is 19.0 Å². The van der Waals surface area contributed by atoms with Crippen molar-refractivity contribution in [3.63, 3.8) is 0 Å².